The zero-order valence-electron chi connectivity index (χ0n) is 13.2. The monoisotopic (exact) mass is 288 g/mol. The van der Waals surface area contributed by atoms with E-state index in [9.17, 15) is 4.79 Å². The minimum absolute atomic E-state index is 0.178. The molecule has 0 heterocycles. The average Bonchev–Trinajstić information content (AvgIpc) is 2.47. The second-order valence-corrected chi connectivity index (χ2v) is 6.13. The van der Waals surface area contributed by atoms with E-state index in [0.717, 1.165) is 31.4 Å². The molecule has 1 aliphatic rings. The third-order valence-corrected chi connectivity index (χ3v) is 4.32. The van der Waals surface area contributed by atoms with E-state index in [1.54, 1.807) is 0 Å². The maximum absolute atomic E-state index is 12.1. The van der Waals surface area contributed by atoms with Gasteiger partial charge in [0.1, 0.15) is 0 Å². The van der Waals surface area contributed by atoms with Crippen LogP contribution in [0.5, 0.6) is 0 Å². The van der Waals surface area contributed by atoms with Gasteiger partial charge in [-0.2, -0.15) is 0 Å². The summed E-state index contributed by atoms with van der Waals surface area (Å²) in [7, 11) is 0. The van der Waals surface area contributed by atoms with Gasteiger partial charge in [0.25, 0.3) is 0 Å². The van der Waals surface area contributed by atoms with Crippen molar-refractivity contribution in [1.82, 2.24) is 5.32 Å². The van der Waals surface area contributed by atoms with Crippen molar-refractivity contribution in [1.29, 1.82) is 0 Å². The van der Waals surface area contributed by atoms with Gasteiger partial charge in [0, 0.05) is 12.1 Å². The van der Waals surface area contributed by atoms with E-state index in [4.69, 9.17) is 5.73 Å². The maximum Gasteiger partial charge on any atom is 0.220 e. The maximum atomic E-state index is 12.1. The summed E-state index contributed by atoms with van der Waals surface area (Å²) < 4.78 is 0. The summed E-state index contributed by atoms with van der Waals surface area (Å²) in [6, 6.07) is 6.25. The topological polar surface area (TPSA) is 55.1 Å². The molecule has 1 atom stereocenters. The summed E-state index contributed by atoms with van der Waals surface area (Å²) in [6.07, 6.45) is 9.83. The molecule has 1 aliphatic carbocycles. The fourth-order valence-corrected chi connectivity index (χ4v) is 3.14. The average molecular weight is 288 g/mol. The zero-order valence-corrected chi connectivity index (χ0v) is 13.2. The number of carbonyl (C=O) groups excluding carboxylic acids is 1. The van der Waals surface area contributed by atoms with Crippen LogP contribution in [0.4, 0.5) is 5.69 Å². The highest BCUT2D eigenvalue weighted by atomic mass is 16.1. The quantitative estimate of drug-likeness (QED) is 0.585. The molecule has 3 nitrogen and oxygen atoms in total. The van der Waals surface area contributed by atoms with Crippen molar-refractivity contribution >= 4 is 11.6 Å². The number of nitrogens with two attached hydrogens (primary N) is 1. The van der Waals surface area contributed by atoms with Crippen LogP contribution in [0.25, 0.3) is 0 Å². The van der Waals surface area contributed by atoms with Gasteiger partial charge >= 0.3 is 0 Å². The van der Waals surface area contributed by atoms with Crippen LogP contribution < -0.4 is 11.1 Å². The molecular weight excluding hydrogens is 260 g/mol. The highest BCUT2D eigenvalue weighted by Gasteiger charge is 2.21. The van der Waals surface area contributed by atoms with E-state index in [-0.39, 0.29) is 11.9 Å². The van der Waals surface area contributed by atoms with Crippen molar-refractivity contribution < 1.29 is 4.79 Å². The van der Waals surface area contributed by atoms with Crippen molar-refractivity contribution in [2.45, 2.75) is 70.8 Å². The van der Waals surface area contributed by atoms with E-state index in [1.807, 2.05) is 6.07 Å². The van der Waals surface area contributed by atoms with E-state index in [2.05, 4.69) is 24.4 Å². The molecule has 0 saturated heterocycles. The number of rotatable bonds is 7. The molecule has 116 valence electrons. The Hall–Kier alpha value is -1.51. The molecule has 1 aromatic rings. The second kappa shape index (κ2) is 8.06. The number of unbranched alkanes of at least 4 members (excludes halogenated alkanes) is 4. The highest BCUT2D eigenvalue weighted by molar-refractivity contribution is 5.76. The first kappa shape index (κ1) is 15.9. The van der Waals surface area contributed by atoms with Gasteiger partial charge < -0.3 is 11.1 Å². The minimum Gasteiger partial charge on any atom is -0.399 e. The number of aryl methyl sites for hydroxylation is 1. The van der Waals surface area contributed by atoms with Gasteiger partial charge in [-0.05, 0) is 48.9 Å². The third-order valence-electron chi connectivity index (χ3n) is 4.32. The van der Waals surface area contributed by atoms with Crippen LogP contribution in [0.2, 0.25) is 0 Å². The molecule has 0 radical (unpaired) electrons. The van der Waals surface area contributed by atoms with E-state index in [0.29, 0.717) is 6.42 Å². The van der Waals surface area contributed by atoms with Gasteiger partial charge in [-0.1, -0.05) is 38.7 Å². The lowest BCUT2D eigenvalue weighted by atomic mass is 9.87. The van der Waals surface area contributed by atoms with Gasteiger partial charge in [0.2, 0.25) is 5.91 Å². The second-order valence-electron chi connectivity index (χ2n) is 6.13. The largest absolute Gasteiger partial charge is 0.399 e. The Morgan fingerprint density at radius 1 is 1.29 bits per heavy atom. The third kappa shape index (κ3) is 4.76. The first-order valence-corrected chi connectivity index (χ1v) is 8.38. The summed E-state index contributed by atoms with van der Waals surface area (Å²) in [6.45, 7) is 2.21. The molecule has 0 bridgehead atoms. The number of amides is 1. The molecule has 1 aromatic carbocycles. The zero-order chi connectivity index (χ0) is 15.1. The Balaban J connectivity index is 1.82. The summed E-state index contributed by atoms with van der Waals surface area (Å²) in [5.74, 6) is 0.196. The molecular formula is C18H28N2O. The molecule has 3 N–H and O–H groups in total. The van der Waals surface area contributed by atoms with Crippen molar-refractivity contribution in [3.05, 3.63) is 29.3 Å². The van der Waals surface area contributed by atoms with Crippen LogP contribution in [0.1, 0.15) is 75.5 Å². The van der Waals surface area contributed by atoms with Crippen molar-refractivity contribution in [3.8, 4) is 0 Å². The normalized spacial score (nSPS) is 17.3. The molecule has 21 heavy (non-hydrogen) atoms. The molecule has 0 aliphatic heterocycles. The first-order chi connectivity index (χ1) is 10.2. The molecule has 1 unspecified atom stereocenters. The smallest absolute Gasteiger partial charge is 0.220 e. The van der Waals surface area contributed by atoms with Crippen molar-refractivity contribution in [2.75, 3.05) is 5.73 Å². The van der Waals surface area contributed by atoms with Gasteiger partial charge in [0.15, 0.2) is 0 Å². The van der Waals surface area contributed by atoms with Crippen LogP contribution in [0.3, 0.4) is 0 Å². The predicted octanol–water partition coefficient (Wildman–Crippen LogP) is 4.12. The number of carbonyl (C=O) groups is 1. The predicted molar refractivity (Wildman–Crippen MR) is 88.1 cm³/mol. The number of fused-ring (bicyclic) bond motifs is 1. The fraction of sp³-hybridized carbons (Fsp3) is 0.611. The van der Waals surface area contributed by atoms with Gasteiger partial charge in [-0.15, -0.1) is 0 Å². The SMILES string of the molecule is CCCCCCCC(=O)NC1CCCc2cc(N)ccc21. The lowest BCUT2D eigenvalue weighted by Gasteiger charge is -2.26. The van der Waals surface area contributed by atoms with E-state index < -0.39 is 0 Å². The van der Waals surface area contributed by atoms with Crippen molar-refractivity contribution in [3.63, 3.8) is 0 Å². The Morgan fingerprint density at radius 2 is 2.10 bits per heavy atom. The Bertz CT molecular complexity index is 470. The molecule has 1 amide bonds. The highest BCUT2D eigenvalue weighted by Crippen LogP contribution is 2.31. The van der Waals surface area contributed by atoms with Crippen molar-refractivity contribution in [2.24, 2.45) is 0 Å². The lowest BCUT2D eigenvalue weighted by Crippen LogP contribution is -2.30. The van der Waals surface area contributed by atoms with Crippen LogP contribution in [-0.4, -0.2) is 5.91 Å². The van der Waals surface area contributed by atoms with Crippen LogP contribution >= 0.6 is 0 Å². The van der Waals surface area contributed by atoms with Gasteiger partial charge in [-0.3, -0.25) is 4.79 Å². The van der Waals surface area contributed by atoms with Crippen LogP contribution in [-0.2, 0) is 11.2 Å². The standard InChI is InChI=1S/C18H28N2O/c1-2-3-4-5-6-10-18(21)20-17-9-7-8-14-13-15(19)11-12-16(14)17/h11-13,17H,2-10,19H2,1H3,(H,20,21). The molecule has 0 fully saturated rings. The van der Waals surface area contributed by atoms with Gasteiger partial charge in [-0.25, -0.2) is 0 Å². The minimum atomic E-state index is 0.178. The number of anilines is 1. The lowest BCUT2D eigenvalue weighted by molar-refractivity contribution is -0.122. The number of hydrogen-bond acceptors (Lipinski definition) is 2. The summed E-state index contributed by atoms with van der Waals surface area (Å²) in [4.78, 5) is 12.1. The van der Waals surface area contributed by atoms with E-state index >= 15 is 0 Å². The molecule has 0 saturated carbocycles. The van der Waals surface area contributed by atoms with Gasteiger partial charge in [0.05, 0.1) is 6.04 Å². The van der Waals surface area contributed by atoms with Crippen LogP contribution in [0, 0.1) is 0 Å². The fourth-order valence-electron chi connectivity index (χ4n) is 3.14. The molecule has 0 spiro atoms. The number of benzene rings is 1. The Labute approximate surface area is 128 Å². The molecule has 3 heteroatoms. The molecule has 0 aromatic heterocycles. The summed E-state index contributed by atoms with van der Waals surface area (Å²) >= 11 is 0. The Kier molecular flexibility index (Phi) is 6.09. The summed E-state index contributed by atoms with van der Waals surface area (Å²) in [5.41, 5.74) is 9.22. The summed E-state index contributed by atoms with van der Waals surface area (Å²) in [5, 5.41) is 3.21. The number of nitrogen functional groups attached to an aromatic ring is 1. The number of nitrogens with one attached hydrogen (secondary N) is 1. The first-order valence-electron chi connectivity index (χ1n) is 8.38. The molecule has 2 rings (SSSR count). The van der Waals surface area contributed by atoms with Crippen LogP contribution in [0.15, 0.2) is 18.2 Å². The number of hydrogen-bond donors (Lipinski definition) is 2. The Morgan fingerprint density at radius 3 is 2.90 bits per heavy atom. The van der Waals surface area contributed by atoms with E-state index in [1.165, 1.54) is 36.8 Å².